The largest absolute Gasteiger partial charge is 0.449 e. The lowest BCUT2D eigenvalue weighted by atomic mass is 10.00. The molecule has 1 saturated heterocycles. The van der Waals surface area contributed by atoms with Crippen LogP contribution in [0.3, 0.4) is 0 Å². The summed E-state index contributed by atoms with van der Waals surface area (Å²) in [6.45, 7) is 4.38. The van der Waals surface area contributed by atoms with Gasteiger partial charge in [0.25, 0.3) is 0 Å². The molecular weight excluding hydrogens is 254 g/mol. The van der Waals surface area contributed by atoms with E-state index in [2.05, 4.69) is 16.5 Å². The van der Waals surface area contributed by atoms with E-state index in [9.17, 15) is 4.79 Å². The zero-order valence-electron chi connectivity index (χ0n) is 12.3. The molecule has 1 atom stereocenters. The Morgan fingerprint density at radius 2 is 2.35 bits per heavy atom. The van der Waals surface area contributed by atoms with Gasteiger partial charge < -0.3 is 14.2 Å². The Bertz CT molecular complexity index is 392. The Hall–Kier alpha value is -1.52. The molecule has 1 amide bonds. The van der Waals surface area contributed by atoms with Gasteiger partial charge in [-0.2, -0.15) is 0 Å². The van der Waals surface area contributed by atoms with E-state index in [-0.39, 0.29) is 6.09 Å². The van der Waals surface area contributed by atoms with Gasteiger partial charge in [-0.15, -0.1) is 0 Å². The predicted molar refractivity (Wildman–Crippen MR) is 77.4 cm³/mol. The quantitative estimate of drug-likeness (QED) is 0.752. The van der Waals surface area contributed by atoms with Crippen LogP contribution < -0.4 is 0 Å². The third-order valence-electron chi connectivity index (χ3n) is 3.86. The second-order valence-electron chi connectivity index (χ2n) is 5.40. The Morgan fingerprint density at radius 1 is 1.45 bits per heavy atom. The van der Waals surface area contributed by atoms with Crippen molar-refractivity contribution < 1.29 is 9.53 Å². The molecule has 5 nitrogen and oxygen atoms in total. The van der Waals surface area contributed by atoms with Crippen LogP contribution in [0.15, 0.2) is 18.7 Å². The van der Waals surface area contributed by atoms with Crippen LogP contribution in [-0.2, 0) is 11.3 Å². The van der Waals surface area contributed by atoms with E-state index in [1.807, 2.05) is 17.4 Å². The molecule has 2 heterocycles. The lowest BCUT2D eigenvalue weighted by Crippen LogP contribution is -2.44. The maximum absolute atomic E-state index is 12.1. The van der Waals surface area contributed by atoms with Crippen molar-refractivity contribution in [2.45, 2.75) is 58.0 Å². The number of unbranched alkanes of at least 4 members (excludes halogenated alkanes) is 1. The minimum Gasteiger partial charge on any atom is -0.449 e. The smallest absolute Gasteiger partial charge is 0.410 e. The summed E-state index contributed by atoms with van der Waals surface area (Å²) in [5, 5.41) is 0. The molecule has 1 aromatic heterocycles. The predicted octanol–water partition coefficient (Wildman–Crippen LogP) is 3.06. The zero-order chi connectivity index (χ0) is 14.2. The minimum absolute atomic E-state index is 0.131. The molecule has 0 N–H and O–H groups in total. The highest BCUT2D eigenvalue weighted by molar-refractivity contribution is 5.68. The first-order valence-corrected chi connectivity index (χ1v) is 7.70. The van der Waals surface area contributed by atoms with Gasteiger partial charge in [-0.05, 0) is 32.1 Å². The van der Waals surface area contributed by atoms with Gasteiger partial charge in [0, 0.05) is 31.5 Å². The molecule has 1 aliphatic heterocycles. The van der Waals surface area contributed by atoms with Crippen LogP contribution in [-0.4, -0.2) is 39.7 Å². The van der Waals surface area contributed by atoms with Gasteiger partial charge in [-0.3, -0.25) is 0 Å². The first-order valence-electron chi connectivity index (χ1n) is 7.70. The molecule has 1 aromatic rings. The summed E-state index contributed by atoms with van der Waals surface area (Å²) in [5.74, 6) is 0. The number of hydrogen-bond acceptors (Lipinski definition) is 3. The van der Waals surface area contributed by atoms with Crippen molar-refractivity contribution in [3.63, 3.8) is 0 Å². The molecular formula is C15H25N3O2. The van der Waals surface area contributed by atoms with Crippen LogP contribution in [0.5, 0.6) is 0 Å². The lowest BCUT2D eigenvalue weighted by Gasteiger charge is -2.35. The number of carbonyl (C=O) groups excluding carboxylic acids is 1. The maximum Gasteiger partial charge on any atom is 0.410 e. The van der Waals surface area contributed by atoms with Crippen molar-refractivity contribution in [3.05, 3.63) is 18.7 Å². The van der Waals surface area contributed by atoms with E-state index in [0.29, 0.717) is 12.6 Å². The van der Waals surface area contributed by atoms with Gasteiger partial charge >= 0.3 is 6.09 Å². The van der Waals surface area contributed by atoms with E-state index in [4.69, 9.17) is 4.74 Å². The molecule has 1 aliphatic rings. The van der Waals surface area contributed by atoms with E-state index >= 15 is 0 Å². The topological polar surface area (TPSA) is 47.4 Å². The third kappa shape index (κ3) is 4.25. The normalized spacial score (nSPS) is 19.1. The molecule has 2 rings (SSSR count). The Kier molecular flexibility index (Phi) is 5.89. The molecule has 0 saturated carbocycles. The number of ether oxygens (including phenoxy) is 1. The summed E-state index contributed by atoms with van der Waals surface area (Å²) in [6, 6.07) is 0.306. The fourth-order valence-corrected chi connectivity index (χ4v) is 2.64. The highest BCUT2D eigenvalue weighted by Crippen LogP contribution is 2.21. The standard InChI is InChI=1S/C15H25N3O2/c1-2-3-12-20-15(19)18-9-5-4-6-14(18)7-10-17-11-8-16-13-17/h8,11,13-14H,2-7,9-10,12H2,1H3/t14-/m0/s1. The summed E-state index contributed by atoms with van der Waals surface area (Å²) in [7, 11) is 0. The van der Waals surface area contributed by atoms with E-state index in [1.165, 1.54) is 6.42 Å². The third-order valence-corrected chi connectivity index (χ3v) is 3.86. The highest BCUT2D eigenvalue weighted by Gasteiger charge is 2.27. The molecule has 0 spiro atoms. The first kappa shape index (κ1) is 14.9. The number of piperidine rings is 1. The van der Waals surface area contributed by atoms with Gasteiger partial charge in [0.1, 0.15) is 0 Å². The maximum atomic E-state index is 12.1. The van der Waals surface area contributed by atoms with Gasteiger partial charge in [-0.25, -0.2) is 9.78 Å². The van der Waals surface area contributed by atoms with Crippen molar-refractivity contribution in [2.24, 2.45) is 0 Å². The number of carbonyl (C=O) groups is 1. The lowest BCUT2D eigenvalue weighted by molar-refractivity contribution is 0.0689. The number of amides is 1. The summed E-state index contributed by atoms with van der Waals surface area (Å²) >= 11 is 0. The number of nitrogens with zero attached hydrogens (tertiary/aromatic N) is 3. The molecule has 0 aromatic carbocycles. The number of hydrogen-bond donors (Lipinski definition) is 0. The van der Waals surface area contributed by atoms with Gasteiger partial charge in [0.2, 0.25) is 0 Å². The average molecular weight is 279 g/mol. The summed E-state index contributed by atoms with van der Waals surface area (Å²) in [4.78, 5) is 18.1. The molecule has 0 unspecified atom stereocenters. The van der Waals surface area contributed by atoms with Gasteiger partial charge in [-0.1, -0.05) is 13.3 Å². The van der Waals surface area contributed by atoms with Crippen molar-refractivity contribution in [1.82, 2.24) is 14.5 Å². The van der Waals surface area contributed by atoms with Crippen molar-refractivity contribution >= 4 is 6.09 Å². The Morgan fingerprint density at radius 3 is 3.10 bits per heavy atom. The molecule has 20 heavy (non-hydrogen) atoms. The number of imidazole rings is 1. The monoisotopic (exact) mass is 279 g/mol. The van der Waals surface area contributed by atoms with Crippen molar-refractivity contribution in [2.75, 3.05) is 13.2 Å². The van der Waals surface area contributed by atoms with E-state index in [1.54, 1.807) is 6.20 Å². The summed E-state index contributed by atoms with van der Waals surface area (Å²) < 4.78 is 7.42. The van der Waals surface area contributed by atoms with Gasteiger partial charge in [0.15, 0.2) is 0 Å². The number of aromatic nitrogens is 2. The van der Waals surface area contributed by atoms with E-state index < -0.39 is 0 Å². The fraction of sp³-hybridized carbons (Fsp3) is 0.733. The van der Waals surface area contributed by atoms with Crippen molar-refractivity contribution in [1.29, 1.82) is 0 Å². The number of aryl methyl sites for hydroxylation is 1. The molecule has 5 heteroatoms. The van der Waals surface area contributed by atoms with Crippen LogP contribution in [0.25, 0.3) is 0 Å². The van der Waals surface area contributed by atoms with Crippen LogP contribution in [0, 0.1) is 0 Å². The minimum atomic E-state index is -0.131. The van der Waals surface area contributed by atoms with Crippen molar-refractivity contribution in [3.8, 4) is 0 Å². The molecule has 0 bridgehead atoms. The van der Waals surface area contributed by atoms with Gasteiger partial charge in [0.05, 0.1) is 12.9 Å². The SMILES string of the molecule is CCCCOC(=O)N1CCCC[C@H]1CCn1ccnc1. The molecule has 1 fully saturated rings. The fourth-order valence-electron chi connectivity index (χ4n) is 2.64. The Labute approximate surface area is 120 Å². The van der Waals surface area contributed by atoms with Crippen LogP contribution in [0.4, 0.5) is 4.79 Å². The first-order chi connectivity index (χ1) is 9.81. The van der Waals surface area contributed by atoms with Crippen LogP contribution in [0.1, 0.15) is 45.4 Å². The summed E-state index contributed by atoms with van der Waals surface area (Å²) in [5.41, 5.74) is 0. The molecule has 112 valence electrons. The number of rotatable bonds is 6. The molecule has 0 radical (unpaired) electrons. The zero-order valence-corrected chi connectivity index (χ0v) is 12.3. The van der Waals surface area contributed by atoms with E-state index in [0.717, 1.165) is 45.2 Å². The average Bonchev–Trinajstić information content (AvgIpc) is 2.99. The van der Waals surface area contributed by atoms with Crippen LogP contribution in [0.2, 0.25) is 0 Å². The summed E-state index contributed by atoms with van der Waals surface area (Å²) in [6.07, 6.45) is 11.8. The second-order valence-corrected chi connectivity index (χ2v) is 5.40. The number of likely N-dealkylation sites (tertiary alicyclic amines) is 1. The van der Waals surface area contributed by atoms with Crippen LogP contribution >= 0.6 is 0 Å². The molecule has 0 aliphatic carbocycles. The highest BCUT2D eigenvalue weighted by atomic mass is 16.6. The Balaban J connectivity index is 1.82. The second kappa shape index (κ2) is 7.92.